The second kappa shape index (κ2) is 10.5. The van der Waals surface area contributed by atoms with Crippen LogP contribution in [0.1, 0.15) is 26.5 Å². The van der Waals surface area contributed by atoms with Crippen molar-refractivity contribution < 1.29 is 27.1 Å². The normalized spacial score (nSPS) is 11.9. The molecule has 0 aliphatic heterocycles. The van der Waals surface area contributed by atoms with E-state index >= 15 is 0 Å². The summed E-state index contributed by atoms with van der Waals surface area (Å²) in [5, 5.41) is 3.55. The average molecular weight is 473 g/mol. The third kappa shape index (κ3) is 5.37. The number of furan rings is 1. The second-order valence-electron chi connectivity index (χ2n) is 7.03. The molecule has 8 nitrogen and oxygen atoms in total. The number of anilines is 1. The van der Waals surface area contributed by atoms with Crippen LogP contribution in [0.5, 0.6) is 11.5 Å². The summed E-state index contributed by atoms with van der Waals surface area (Å²) >= 11 is 0. The van der Waals surface area contributed by atoms with E-state index in [1.807, 2.05) is 12.1 Å². The monoisotopic (exact) mass is 472 g/mol. The van der Waals surface area contributed by atoms with Gasteiger partial charge in [0.05, 0.1) is 13.7 Å². The van der Waals surface area contributed by atoms with E-state index in [0.717, 1.165) is 5.39 Å². The lowest BCUT2D eigenvalue weighted by atomic mass is 10.2. The number of para-hydroxylation sites is 1. The molecule has 0 spiro atoms. The van der Waals surface area contributed by atoms with Crippen LogP contribution < -0.4 is 14.8 Å². The summed E-state index contributed by atoms with van der Waals surface area (Å²) < 4.78 is 44.0. The molecule has 0 saturated heterocycles. The third-order valence-electron chi connectivity index (χ3n) is 4.98. The topological polar surface area (TPSA) is 98.1 Å². The lowest BCUT2D eigenvalue weighted by molar-refractivity contribution is -0.111. The van der Waals surface area contributed by atoms with Gasteiger partial charge in [-0.15, -0.1) is 0 Å². The van der Waals surface area contributed by atoms with E-state index in [2.05, 4.69) is 5.32 Å². The van der Waals surface area contributed by atoms with Crippen molar-refractivity contribution in [2.24, 2.45) is 0 Å². The predicted molar refractivity (Wildman–Crippen MR) is 128 cm³/mol. The molecule has 1 amide bonds. The van der Waals surface area contributed by atoms with Gasteiger partial charge in [-0.3, -0.25) is 4.79 Å². The zero-order chi connectivity index (χ0) is 24.0. The minimum absolute atomic E-state index is 0.0132. The summed E-state index contributed by atoms with van der Waals surface area (Å²) in [5.74, 6) is 0.904. The van der Waals surface area contributed by atoms with Gasteiger partial charge in [-0.05, 0) is 43.3 Å². The number of hydrogen-bond acceptors (Lipinski definition) is 6. The number of methoxy groups -OCH3 is 1. The van der Waals surface area contributed by atoms with Gasteiger partial charge in [0.15, 0.2) is 11.3 Å². The number of sulfonamides is 1. The minimum Gasteiger partial charge on any atom is -0.493 e. The number of nitrogens with zero attached hydrogens (tertiary/aromatic N) is 1. The molecule has 33 heavy (non-hydrogen) atoms. The molecule has 0 radical (unpaired) electrons. The fourth-order valence-electron chi connectivity index (χ4n) is 3.41. The van der Waals surface area contributed by atoms with Gasteiger partial charge in [-0.2, -0.15) is 4.31 Å². The number of amides is 1. The maximum absolute atomic E-state index is 13.1. The van der Waals surface area contributed by atoms with Gasteiger partial charge in [0.25, 0.3) is 0 Å². The first kappa shape index (κ1) is 24.3. The Morgan fingerprint density at radius 1 is 1.09 bits per heavy atom. The number of nitrogens with one attached hydrogen (secondary N) is 1. The SMILES string of the molecule is CCOc1ccc(NC(=O)/C=C/c2cc3cccc(OC)c3o2)cc1S(=O)(=O)N(CC)CC. The number of fused-ring (bicyclic) bond motifs is 1. The summed E-state index contributed by atoms with van der Waals surface area (Å²) in [7, 11) is -2.22. The van der Waals surface area contributed by atoms with Crippen LogP contribution in [-0.2, 0) is 14.8 Å². The summed E-state index contributed by atoms with van der Waals surface area (Å²) in [4.78, 5) is 12.5. The maximum atomic E-state index is 13.1. The number of benzene rings is 2. The van der Waals surface area contributed by atoms with Crippen molar-refractivity contribution in [2.45, 2.75) is 25.7 Å². The molecular weight excluding hydrogens is 444 g/mol. The third-order valence-corrected chi connectivity index (χ3v) is 7.05. The highest BCUT2D eigenvalue weighted by Crippen LogP contribution is 2.31. The molecule has 0 bridgehead atoms. The molecule has 0 aliphatic rings. The highest BCUT2D eigenvalue weighted by Gasteiger charge is 2.26. The van der Waals surface area contributed by atoms with Gasteiger partial charge in [-0.1, -0.05) is 26.0 Å². The quantitative estimate of drug-likeness (QED) is 0.436. The Labute approximate surface area is 193 Å². The molecule has 176 valence electrons. The lowest BCUT2D eigenvalue weighted by Crippen LogP contribution is -2.31. The van der Waals surface area contributed by atoms with Crippen LogP contribution in [0, 0.1) is 0 Å². The van der Waals surface area contributed by atoms with Crippen molar-refractivity contribution in [1.82, 2.24) is 4.31 Å². The molecule has 0 aliphatic carbocycles. The molecular formula is C24H28N2O6S. The molecule has 1 aromatic heterocycles. The predicted octanol–water partition coefficient (Wildman–Crippen LogP) is 4.52. The Bertz CT molecular complexity index is 1260. The minimum atomic E-state index is -3.78. The van der Waals surface area contributed by atoms with E-state index in [4.69, 9.17) is 13.9 Å². The van der Waals surface area contributed by atoms with E-state index in [0.29, 0.717) is 42.5 Å². The highest BCUT2D eigenvalue weighted by molar-refractivity contribution is 7.89. The molecule has 3 rings (SSSR count). The van der Waals surface area contributed by atoms with Crippen LogP contribution in [-0.4, -0.2) is 45.4 Å². The second-order valence-corrected chi connectivity index (χ2v) is 8.94. The Kier molecular flexibility index (Phi) is 7.78. The lowest BCUT2D eigenvalue weighted by Gasteiger charge is -2.21. The maximum Gasteiger partial charge on any atom is 0.248 e. The molecule has 1 N–H and O–H groups in total. The van der Waals surface area contributed by atoms with Crippen LogP contribution in [0.3, 0.4) is 0 Å². The number of hydrogen-bond donors (Lipinski definition) is 1. The Morgan fingerprint density at radius 2 is 1.85 bits per heavy atom. The Morgan fingerprint density at radius 3 is 2.52 bits per heavy atom. The van der Waals surface area contributed by atoms with Crippen LogP contribution in [0.4, 0.5) is 5.69 Å². The first-order chi connectivity index (χ1) is 15.8. The summed E-state index contributed by atoms with van der Waals surface area (Å²) in [6.45, 7) is 6.29. The number of carbonyl (C=O) groups excluding carboxylic acids is 1. The van der Waals surface area contributed by atoms with Crippen molar-refractivity contribution in [3.63, 3.8) is 0 Å². The van der Waals surface area contributed by atoms with Gasteiger partial charge in [-0.25, -0.2) is 8.42 Å². The van der Waals surface area contributed by atoms with Crippen molar-refractivity contribution in [1.29, 1.82) is 0 Å². The first-order valence-corrected chi connectivity index (χ1v) is 12.1. The zero-order valence-corrected chi connectivity index (χ0v) is 19.9. The molecule has 3 aromatic rings. The van der Waals surface area contributed by atoms with Gasteiger partial charge in [0, 0.05) is 30.2 Å². The van der Waals surface area contributed by atoms with Crippen LogP contribution in [0.15, 0.2) is 57.9 Å². The molecule has 9 heteroatoms. The van der Waals surface area contributed by atoms with E-state index in [1.54, 1.807) is 52.1 Å². The summed E-state index contributed by atoms with van der Waals surface area (Å²) in [5.41, 5.74) is 0.933. The van der Waals surface area contributed by atoms with Gasteiger partial charge in [0.2, 0.25) is 15.9 Å². The van der Waals surface area contributed by atoms with E-state index < -0.39 is 15.9 Å². The van der Waals surface area contributed by atoms with Crippen molar-refractivity contribution >= 4 is 38.7 Å². The Hall–Kier alpha value is -3.30. The average Bonchev–Trinajstić information content (AvgIpc) is 3.22. The fraction of sp³-hybridized carbons (Fsp3) is 0.292. The van der Waals surface area contributed by atoms with Crippen molar-refractivity contribution in [2.75, 3.05) is 32.1 Å². The van der Waals surface area contributed by atoms with Crippen LogP contribution in [0.25, 0.3) is 17.0 Å². The molecule has 0 unspecified atom stereocenters. The van der Waals surface area contributed by atoms with E-state index in [1.165, 1.54) is 22.5 Å². The highest BCUT2D eigenvalue weighted by atomic mass is 32.2. The molecule has 0 fully saturated rings. The largest absolute Gasteiger partial charge is 0.493 e. The standard InChI is InChI=1S/C24H28N2O6S/c1-5-26(6-2)33(28,29)22-16-18(11-13-20(22)31-7-3)25-23(27)14-12-19-15-17-9-8-10-21(30-4)24(17)32-19/h8-16H,5-7H2,1-4H3,(H,25,27)/b14-12+. The summed E-state index contributed by atoms with van der Waals surface area (Å²) in [6.07, 6.45) is 2.86. The van der Waals surface area contributed by atoms with Crippen LogP contribution in [0.2, 0.25) is 0 Å². The van der Waals surface area contributed by atoms with Crippen molar-refractivity contribution in [3.05, 3.63) is 54.3 Å². The molecule has 0 atom stereocenters. The van der Waals surface area contributed by atoms with Gasteiger partial charge < -0.3 is 19.2 Å². The smallest absolute Gasteiger partial charge is 0.248 e. The van der Waals surface area contributed by atoms with E-state index in [9.17, 15) is 13.2 Å². The molecule has 0 saturated carbocycles. The van der Waals surface area contributed by atoms with Gasteiger partial charge >= 0.3 is 0 Å². The first-order valence-electron chi connectivity index (χ1n) is 10.7. The number of carbonyl (C=O) groups is 1. The fourth-order valence-corrected chi connectivity index (χ4v) is 5.02. The number of ether oxygens (including phenoxy) is 2. The van der Waals surface area contributed by atoms with Gasteiger partial charge in [0.1, 0.15) is 16.4 Å². The molecule has 1 heterocycles. The molecule has 2 aromatic carbocycles. The van der Waals surface area contributed by atoms with Crippen LogP contribution >= 0.6 is 0 Å². The zero-order valence-electron chi connectivity index (χ0n) is 19.1. The van der Waals surface area contributed by atoms with Crippen molar-refractivity contribution in [3.8, 4) is 11.5 Å². The number of rotatable bonds is 10. The van der Waals surface area contributed by atoms with E-state index in [-0.39, 0.29) is 10.6 Å². The Balaban J connectivity index is 1.83. The summed E-state index contributed by atoms with van der Waals surface area (Å²) in [6, 6.07) is 11.9.